The van der Waals surface area contributed by atoms with Gasteiger partial charge in [0, 0.05) is 17.7 Å². The first-order chi connectivity index (χ1) is 10.6. The van der Waals surface area contributed by atoms with Crippen LogP contribution in [0.1, 0.15) is 25.3 Å². The topological polar surface area (TPSA) is 122 Å². The Bertz CT molecular complexity index is 695. The van der Waals surface area contributed by atoms with Crippen molar-refractivity contribution in [3.63, 3.8) is 0 Å². The summed E-state index contributed by atoms with van der Waals surface area (Å²) in [6, 6.07) is 4.97. The quantitative estimate of drug-likeness (QED) is 0.283. The molecule has 0 radical (unpaired) electrons. The van der Waals surface area contributed by atoms with Crippen LogP contribution in [-0.2, 0) is 27.9 Å². The van der Waals surface area contributed by atoms with Crippen LogP contribution >= 0.6 is 7.60 Å². The van der Waals surface area contributed by atoms with Gasteiger partial charge in [0.05, 0.1) is 24.4 Å². The zero-order valence-corrected chi connectivity index (χ0v) is 14.6. The third-order valence-electron chi connectivity index (χ3n) is 2.54. The van der Waals surface area contributed by atoms with Gasteiger partial charge in [0.1, 0.15) is 0 Å². The molecule has 9 nitrogen and oxygen atoms in total. The van der Waals surface area contributed by atoms with Crippen LogP contribution in [0.25, 0.3) is 0 Å². The fourth-order valence-corrected chi connectivity index (χ4v) is 4.70. The van der Waals surface area contributed by atoms with Crippen molar-refractivity contribution in [1.82, 2.24) is 0 Å². The average molecular weight is 367 g/mol. The van der Waals surface area contributed by atoms with Crippen molar-refractivity contribution in [2.45, 2.75) is 19.7 Å². The fourth-order valence-electron chi connectivity index (χ4n) is 1.78. The number of hydrogen-bond donors (Lipinski definition) is 0. The predicted molar refractivity (Wildman–Crippen MR) is 82.6 cm³/mol. The minimum atomic E-state index is -4.03. The first-order valence-electron chi connectivity index (χ1n) is 6.64. The Kier molecular flexibility index (Phi) is 6.84. The highest BCUT2D eigenvalue weighted by Gasteiger charge is 2.41. The summed E-state index contributed by atoms with van der Waals surface area (Å²) in [6.07, 6.45) is 0.777. The summed E-state index contributed by atoms with van der Waals surface area (Å²) >= 11 is 0. The Hall–Kier alpha value is -1.32. The van der Waals surface area contributed by atoms with Crippen LogP contribution in [0.3, 0.4) is 0 Å². The van der Waals surface area contributed by atoms with Crippen LogP contribution < -0.4 is 0 Å². The van der Waals surface area contributed by atoms with Crippen LogP contribution in [0.2, 0.25) is 0 Å². The summed E-state index contributed by atoms with van der Waals surface area (Å²) in [5, 5.41) is 10.9. The largest absolute Gasteiger partial charge is 0.365 e. The van der Waals surface area contributed by atoms with Crippen LogP contribution in [0, 0.1) is 10.1 Å². The number of benzene rings is 1. The van der Waals surface area contributed by atoms with E-state index < -0.39 is 28.5 Å². The van der Waals surface area contributed by atoms with E-state index in [1.165, 1.54) is 18.2 Å². The summed E-state index contributed by atoms with van der Waals surface area (Å²) < 4.78 is 50.9. The molecule has 1 atom stereocenters. The highest BCUT2D eigenvalue weighted by atomic mass is 32.2. The van der Waals surface area contributed by atoms with Gasteiger partial charge in [0.2, 0.25) is 5.85 Å². The van der Waals surface area contributed by atoms with E-state index in [0.29, 0.717) is 0 Å². The third kappa shape index (κ3) is 5.67. The van der Waals surface area contributed by atoms with Crippen molar-refractivity contribution >= 4 is 23.4 Å². The Balaban J connectivity index is 3.42. The first-order valence-corrected chi connectivity index (χ1v) is 10.1. The van der Waals surface area contributed by atoms with Gasteiger partial charge < -0.3 is 9.05 Å². The number of hydrogen-bond acceptors (Lipinski definition) is 8. The Morgan fingerprint density at radius 1 is 1.26 bits per heavy atom. The van der Waals surface area contributed by atoms with Gasteiger partial charge in [-0.15, -0.1) is 0 Å². The zero-order chi connectivity index (χ0) is 17.7. The van der Waals surface area contributed by atoms with Gasteiger partial charge in [-0.25, -0.2) is 4.18 Å². The second kappa shape index (κ2) is 7.98. The molecule has 130 valence electrons. The lowest BCUT2D eigenvalue weighted by Crippen LogP contribution is -2.14. The second-order valence-corrected chi connectivity index (χ2v) is 8.05. The van der Waals surface area contributed by atoms with Gasteiger partial charge in [-0.2, -0.15) is 8.42 Å². The van der Waals surface area contributed by atoms with Crippen molar-refractivity contribution in [2.24, 2.45) is 0 Å². The van der Waals surface area contributed by atoms with Crippen LogP contribution in [0.5, 0.6) is 0 Å². The number of nitro groups is 1. The average Bonchev–Trinajstić information content (AvgIpc) is 2.44. The van der Waals surface area contributed by atoms with E-state index in [9.17, 15) is 23.1 Å². The van der Waals surface area contributed by atoms with Gasteiger partial charge in [-0.1, -0.05) is 12.1 Å². The van der Waals surface area contributed by atoms with E-state index in [4.69, 9.17) is 13.2 Å². The van der Waals surface area contributed by atoms with E-state index in [2.05, 4.69) is 0 Å². The molecule has 1 unspecified atom stereocenters. The summed E-state index contributed by atoms with van der Waals surface area (Å²) in [5.74, 6) is -1.63. The third-order valence-corrected chi connectivity index (χ3v) is 5.44. The monoisotopic (exact) mass is 367 g/mol. The van der Waals surface area contributed by atoms with Crippen molar-refractivity contribution in [3.8, 4) is 0 Å². The molecule has 0 fully saturated rings. The van der Waals surface area contributed by atoms with Gasteiger partial charge in [0.25, 0.3) is 15.8 Å². The van der Waals surface area contributed by atoms with Gasteiger partial charge in [-0.05, 0) is 13.8 Å². The van der Waals surface area contributed by atoms with Crippen molar-refractivity contribution in [3.05, 3.63) is 39.9 Å². The number of nitro benzene ring substituents is 1. The van der Waals surface area contributed by atoms with Gasteiger partial charge in [-0.3, -0.25) is 14.7 Å². The molecule has 0 aliphatic heterocycles. The van der Waals surface area contributed by atoms with E-state index in [1.54, 1.807) is 13.8 Å². The summed E-state index contributed by atoms with van der Waals surface area (Å²) in [5.41, 5.74) is -0.293. The molecule has 0 N–H and O–H groups in total. The molecule has 0 aliphatic rings. The highest BCUT2D eigenvalue weighted by molar-refractivity contribution is 7.86. The van der Waals surface area contributed by atoms with Crippen LogP contribution in [-0.4, -0.2) is 32.8 Å². The SMILES string of the molecule is CCOP(=O)(OCC)C(OS(C)(=O)=O)c1cccc([N+](=O)[O-])c1. The maximum absolute atomic E-state index is 12.9. The number of rotatable bonds is 9. The lowest BCUT2D eigenvalue weighted by atomic mass is 10.2. The highest BCUT2D eigenvalue weighted by Crippen LogP contribution is 2.62. The molecule has 1 rings (SSSR count). The minimum absolute atomic E-state index is 0.00913. The number of nitrogens with zero attached hydrogens (tertiary/aromatic N) is 1. The Morgan fingerprint density at radius 2 is 1.83 bits per heavy atom. The molecule has 0 aliphatic carbocycles. The predicted octanol–water partition coefficient (Wildman–Crippen LogP) is 2.84. The molecule has 0 aromatic heterocycles. The molecule has 23 heavy (non-hydrogen) atoms. The van der Waals surface area contributed by atoms with Gasteiger partial charge >= 0.3 is 7.60 Å². The molecule has 0 heterocycles. The Morgan fingerprint density at radius 3 is 2.26 bits per heavy atom. The van der Waals surface area contributed by atoms with Crippen molar-refractivity contribution in [1.29, 1.82) is 0 Å². The lowest BCUT2D eigenvalue weighted by Gasteiger charge is -2.25. The molecule has 0 bridgehead atoms. The first kappa shape index (κ1) is 19.7. The Labute approximate surface area is 134 Å². The molecule has 0 saturated carbocycles. The molecular weight excluding hydrogens is 349 g/mol. The molecule has 1 aromatic rings. The summed E-state index contributed by atoms with van der Waals surface area (Å²) in [7, 11) is -8.05. The van der Waals surface area contributed by atoms with Crippen LogP contribution in [0.4, 0.5) is 5.69 Å². The molecule has 1 aromatic carbocycles. The fraction of sp³-hybridized carbons (Fsp3) is 0.500. The molecule has 11 heteroatoms. The maximum atomic E-state index is 12.9. The summed E-state index contributed by atoms with van der Waals surface area (Å²) in [6.45, 7) is 3.07. The molecule has 0 saturated heterocycles. The lowest BCUT2D eigenvalue weighted by molar-refractivity contribution is -0.384. The standard InChI is InChI=1S/C12H18NO8PS/c1-4-19-22(16,20-5-2)12(21-23(3,17)18)10-7-6-8-11(9-10)13(14)15/h6-9,12H,4-5H2,1-3H3. The van der Waals surface area contributed by atoms with E-state index in [-0.39, 0.29) is 24.5 Å². The van der Waals surface area contributed by atoms with Crippen LogP contribution in [0.15, 0.2) is 24.3 Å². The normalized spacial score (nSPS) is 13.7. The van der Waals surface area contributed by atoms with E-state index >= 15 is 0 Å². The zero-order valence-electron chi connectivity index (χ0n) is 12.9. The molecule has 0 amide bonds. The number of non-ortho nitro benzene ring substituents is 1. The maximum Gasteiger partial charge on any atom is 0.365 e. The minimum Gasteiger partial charge on any atom is -0.307 e. The smallest absolute Gasteiger partial charge is 0.307 e. The van der Waals surface area contributed by atoms with Crippen molar-refractivity contribution < 1.29 is 31.1 Å². The van der Waals surface area contributed by atoms with E-state index in [0.717, 1.165) is 12.3 Å². The second-order valence-electron chi connectivity index (χ2n) is 4.38. The van der Waals surface area contributed by atoms with Crippen molar-refractivity contribution in [2.75, 3.05) is 19.5 Å². The molecule has 0 spiro atoms. The van der Waals surface area contributed by atoms with E-state index in [1.807, 2.05) is 0 Å². The van der Waals surface area contributed by atoms with Gasteiger partial charge in [0.15, 0.2) is 0 Å². The summed E-state index contributed by atoms with van der Waals surface area (Å²) in [4.78, 5) is 10.2. The molecular formula is C12H18NO8PS.